The third kappa shape index (κ3) is 4.94. The lowest BCUT2D eigenvalue weighted by molar-refractivity contribution is 0.0136. The van der Waals surface area contributed by atoms with Crippen LogP contribution in [0.3, 0.4) is 0 Å². The molecule has 0 saturated heterocycles. The fraction of sp³-hybridized carbons (Fsp3) is 0.231. The van der Waals surface area contributed by atoms with Gasteiger partial charge in [-0.2, -0.15) is 5.10 Å². The molecule has 0 aliphatic heterocycles. The Balaban J connectivity index is 1.11. The van der Waals surface area contributed by atoms with Crippen molar-refractivity contribution in [1.82, 2.24) is 25.3 Å². The van der Waals surface area contributed by atoms with Crippen molar-refractivity contribution >= 4 is 17.7 Å². The molecule has 1 amide bonds. The maximum Gasteiger partial charge on any atom is 0.407 e. The van der Waals surface area contributed by atoms with E-state index < -0.39 is 18.3 Å². The molecule has 0 radical (unpaired) electrons. The fourth-order valence-corrected chi connectivity index (χ4v) is 4.50. The van der Waals surface area contributed by atoms with Gasteiger partial charge in [0.15, 0.2) is 11.0 Å². The minimum Gasteiger partial charge on any atom is -0.449 e. The fourth-order valence-electron chi connectivity index (χ4n) is 4.40. The predicted molar refractivity (Wildman–Crippen MR) is 133 cm³/mol. The minimum absolute atomic E-state index is 0.0302. The number of ether oxygens (including phenoxy) is 1. The molecule has 184 valence electrons. The highest BCUT2D eigenvalue weighted by Gasteiger charge is 2.29. The Hall–Kier alpha value is -3.79. The number of hydrogen-bond donors (Lipinski definition) is 3. The first kappa shape index (κ1) is 23.9. The van der Waals surface area contributed by atoms with E-state index in [-0.39, 0.29) is 30.6 Å². The number of halogens is 1. The third-order valence-electron chi connectivity index (χ3n) is 6.21. The van der Waals surface area contributed by atoms with Crippen molar-refractivity contribution in [2.45, 2.75) is 24.5 Å². The van der Waals surface area contributed by atoms with Crippen molar-refractivity contribution in [3.05, 3.63) is 94.9 Å². The van der Waals surface area contributed by atoms with Crippen LogP contribution in [-0.2, 0) is 4.74 Å². The summed E-state index contributed by atoms with van der Waals surface area (Å²) >= 11 is 5.74. The minimum atomic E-state index is -1.19. The summed E-state index contributed by atoms with van der Waals surface area (Å²) in [4.78, 5) is 12.3. The number of aromatic nitrogens is 4. The molecular formula is C26H24ClN5O4. The summed E-state index contributed by atoms with van der Waals surface area (Å²) in [5, 5.41) is 35.6. The van der Waals surface area contributed by atoms with Crippen LogP contribution in [0.5, 0.6) is 0 Å². The van der Waals surface area contributed by atoms with E-state index in [9.17, 15) is 15.0 Å². The first-order chi connectivity index (χ1) is 17.5. The van der Waals surface area contributed by atoms with Crippen LogP contribution in [0.1, 0.15) is 35.1 Å². The number of hydrogen-bond acceptors (Lipinski definition) is 7. The van der Waals surface area contributed by atoms with Gasteiger partial charge >= 0.3 is 6.09 Å². The van der Waals surface area contributed by atoms with E-state index in [1.165, 1.54) is 10.9 Å². The molecule has 0 spiro atoms. The van der Waals surface area contributed by atoms with Crippen LogP contribution in [0.15, 0.2) is 73.1 Å². The molecule has 1 aliphatic carbocycles. The zero-order valence-corrected chi connectivity index (χ0v) is 19.9. The van der Waals surface area contributed by atoms with Gasteiger partial charge in [-0.1, -0.05) is 60.1 Å². The molecule has 9 nitrogen and oxygen atoms in total. The van der Waals surface area contributed by atoms with E-state index >= 15 is 0 Å². The molecule has 4 aromatic rings. The summed E-state index contributed by atoms with van der Waals surface area (Å²) in [5.41, 5.74) is 4.99. The highest BCUT2D eigenvalue weighted by molar-refractivity contribution is 6.29. The summed E-state index contributed by atoms with van der Waals surface area (Å²) in [6.45, 7) is 0.337. The first-order valence-corrected chi connectivity index (χ1v) is 11.9. The third-order valence-corrected chi connectivity index (χ3v) is 6.42. The predicted octanol–water partition coefficient (Wildman–Crippen LogP) is 3.64. The summed E-state index contributed by atoms with van der Waals surface area (Å²) in [6.07, 6.45) is 0.217. The van der Waals surface area contributed by atoms with Crippen molar-refractivity contribution in [3.8, 4) is 16.9 Å². The van der Waals surface area contributed by atoms with Crippen molar-refractivity contribution in [2.24, 2.45) is 0 Å². The van der Waals surface area contributed by atoms with Gasteiger partial charge in [-0.3, -0.25) is 0 Å². The van der Waals surface area contributed by atoms with E-state index in [2.05, 4.69) is 44.9 Å². The molecule has 36 heavy (non-hydrogen) atoms. The molecule has 2 aromatic carbocycles. The monoisotopic (exact) mass is 505 g/mol. The van der Waals surface area contributed by atoms with E-state index in [0.717, 1.165) is 22.3 Å². The van der Waals surface area contributed by atoms with E-state index in [1.54, 1.807) is 18.3 Å². The normalized spacial score (nSPS) is 14.1. The molecule has 2 unspecified atom stereocenters. The molecule has 5 rings (SSSR count). The second-order valence-electron chi connectivity index (χ2n) is 8.49. The molecule has 2 atom stereocenters. The number of carbonyl (C=O) groups is 1. The zero-order chi connectivity index (χ0) is 25.1. The molecule has 2 heterocycles. The SMILES string of the molecule is O=C(NCCC(O)C(O)c1cnn(-c2ccc(Cl)nn2)c1)OCC1c2ccccc2-c2ccccc21. The number of fused-ring (bicyclic) bond motifs is 3. The lowest BCUT2D eigenvalue weighted by Gasteiger charge is -2.17. The van der Waals surface area contributed by atoms with Crippen LogP contribution in [0.4, 0.5) is 4.79 Å². The van der Waals surface area contributed by atoms with Gasteiger partial charge in [0.1, 0.15) is 12.7 Å². The number of nitrogens with zero attached hydrogens (tertiary/aromatic N) is 4. The highest BCUT2D eigenvalue weighted by Crippen LogP contribution is 2.44. The standard InChI is InChI=1S/C26H24ClN5O4/c27-23-9-10-24(31-30-23)32-14-16(13-29-32)25(34)22(33)11-12-28-26(35)36-15-21-19-7-3-1-5-17(19)18-6-2-4-8-20(18)21/h1-10,13-14,21-22,25,33-34H,11-12,15H2,(H,28,35). The summed E-state index contributed by atoms with van der Waals surface area (Å²) in [6, 6.07) is 19.4. The summed E-state index contributed by atoms with van der Waals surface area (Å²) < 4.78 is 6.92. The Kier molecular flexibility index (Phi) is 6.95. The van der Waals surface area contributed by atoms with Gasteiger partial charge in [0.25, 0.3) is 0 Å². The topological polar surface area (TPSA) is 122 Å². The Morgan fingerprint density at radius 1 is 1.03 bits per heavy atom. The molecular weight excluding hydrogens is 482 g/mol. The zero-order valence-electron chi connectivity index (χ0n) is 19.2. The van der Waals surface area contributed by atoms with Crippen molar-refractivity contribution < 1.29 is 19.7 Å². The smallest absolute Gasteiger partial charge is 0.407 e. The van der Waals surface area contributed by atoms with Crippen molar-refractivity contribution in [3.63, 3.8) is 0 Å². The van der Waals surface area contributed by atoms with Crippen LogP contribution in [0.2, 0.25) is 5.15 Å². The van der Waals surface area contributed by atoms with Gasteiger partial charge in [0.05, 0.1) is 12.3 Å². The van der Waals surface area contributed by atoms with Crippen LogP contribution in [0.25, 0.3) is 16.9 Å². The van der Waals surface area contributed by atoms with Gasteiger partial charge in [-0.05, 0) is 40.8 Å². The quantitative estimate of drug-likeness (QED) is 0.334. The first-order valence-electron chi connectivity index (χ1n) is 11.5. The van der Waals surface area contributed by atoms with Crippen LogP contribution < -0.4 is 5.32 Å². The Bertz CT molecular complexity index is 1310. The lowest BCUT2D eigenvalue weighted by atomic mass is 9.98. The number of nitrogens with one attached hydrogen (secondary N) is 1. The van der Waals surface area contributed by atoms with Gasteiger partial charge in [-0.15, -0.1) is 10.2 Å². The lowest BCUT2D eigenvalue weighted by Crippen LogP contribution is -2.30. The number of benzene rings is 2. The van der Waals surface area contributed by atoms with Crippen LogP contribution >= 0.6 is 11.6 Å². The number of alkyl carbamates (subject to hydrolysis) is 1. The van der Waals surface area contributed by atoms with Crippen LogP contribution in [-0.4, -0.2) is 55.5 Å². The van der Waals surface area contributed by atoms with Gasteiger partial charge in [0, 0.05) is 24.2 Å². The largest absolute Gasteiger partial charge is 0.449 e. The van der Waals surface area contributed by atoms with Gasteiger partial charge < -0.3 is 20.3 Å². The molecule has 0 fully saturated rings. The molecule has 0 bridgehead atoms. The van der Waals surface area contributed by atoms with E-state index in [4.69, 9.17) is 16.3 Å². The van der Waals surface area contributed by atoms with Crippen molar-refractivity contribution in [2.75, 3.05) is 13.2 Å². The molecule has 1 aliphatic rings. The molecule has 10 heteroatoms. The van der Waals surface area contributed by atoms with E-state index in [0.29, 0.717) is 11.4 Å². The van der Waals surface area contributed by atoms with Crippen LogP contribution in [0, 0.1) is 0 Å². The number of rotatable bonds is 8. The Labute approximate surface area is 212 Å². The number of carbonyl (C=O) groups excluding carboxylic acids is 1. The highest BCUT2D eigenvalue weighted by atomic mass is 35.5. The molecule has 2 aromatic heterocycles. The number of aliphatic hydroxyl groups excluding tert-OH is 2. The number of amides is 1. The maximum atomic E-state index is 12.3. The molecule has 0 saturated carbocycles. The van der Waals surface area contributed by atoms with Gasteiger partial charge in [-0.25, -0.2) is 9.48 Å². The molecule has 3 N–H and O–H groups in total. The average molecular weight is 506 g/mol. The second kappa shape index (κ2) is 10.4. The Morgan fingerprint density at radius 2 is 1.72 bits per heavy atom. The second-order valence-corrected chi connectivity index (χ2v) is 8.87. The maximum absolute atomic E-state index is 12.3. The summed E-state index contributed by atoms with van der Waals surface area (Å²) in [7, 11) is 0. The van der Waals surface area contributed by atoms with Gasteiger partial charge in [0.2, 0.25) is 0 Å². The number of aliphatic hydroxyl groups is 2. The Morgan fingerprint density at radius 3 is 2.39 bits per heavy atom. The average Bonchev–Trinajstić information content (AvgIpc) is 3.51. The van der Waals surface area contributed by atoms with E-state index in [1.807, 2.05) is 24.3 Å². The van der Waals surface area contributed by atoms with Crippen molar-refractivity contribution in [1.29, 1.82) is 0 Å². The summed E-state index contributed by atoms with van der Waals surface area (Å²) in [5.74, 6) is 0.390.